The van der Waals surface area contributed by atoms with Crippen molar-refractivity contribution >= 4 is 17.8 Å². The maximum Gasteiger partial charge on any atom is 0.334 e. The molecule has 6 heteroatoms. The van der Waals surface area contributed by atoms with Gasteiger partial charge in [0.05, 0.1) is 12.0 Å². The lowest BCUT2D eigenvalue weighted by Gasteiger charge is -2.24. The number of carbonyl (C=O) groups is 3. The van der Waals surface area contributed by atoms with Crippen LogP contribution in [0.2, 0.25) is 0 Å². The molecule has 2 unspecified atom stereocenters. The van der Waals surface area contributed by atoms with Crippen LogP contribution in [0.5, 0.6) is 0 Å². The number of hydrogen-bond acceptors (Lipinski definition) is 4. The normalized spacial score (nSPS) is 23.4. The number of hydrogen-bond donors (Lipinski definition) is 1. The summed E-state index contributed by atoms with van der Waals surface area (Å²) in [6.45, 7) is 1.43. The molecule has 1 heterocycles. The third-order valence-corrected chi connectivity index (χ3v) is 3.84. The molecular formula is C15H17NO5. The maximum atomic E-state index is 12.6. The summed E-state index contributed by atoms with van der Waals surface area (Å²) in [6, 6.07) is 9.02. The molecule has 0 radical (unpaired) electrons. The van der Waals surface area contributed by atoms with Crippen molar-refractivity contribution in [2.24, 2.45) is 0 Å². The Labute approximate surface area is 122 Å². The van der Waals surface area contributed by atoms with Crippen LogP contribution in [0.4, 0.5) is 0 Å². The van der Waals surface area contributed by atoms with Gasteiger partial charge in [-0.2, -0.15) is 0 Å². The van der Waals surface area contributed by atoms with Crippen molar-refractivity contribution in [1.82, 2.24) is 4.90 Å². The van der Waals surface area contributed by atoms with Gasteiger partial charge < -0.3 is 9.84 Å². The van der Waals surface area contributed by atoms with Crippen LogP contribution >= 0.6 is 0 Å². The van der Waals surface area contributed by atoms with Gasteiger partial charge in [0, 0.05) is 13.5 Å². The van der Waals surface area contributed by atoms with Crippen molar-refractivity contribution in [1.29, 1.82) is 0 Å². The molecule has 1 aliphatic rings. The summed E-state index contributed by atoms with van der Waals surface area (Å²) < 4.78 is 4.80. The van der Waals surface area contributed by atoms with E-state index in [4.69, 9.17) is 9.84 Å². The van der Waals surface area contributed by atoms with Crippen LogP contribution in [0, 0.1) is 0 Å². The fraction of sp³-hybridized carbons (Fsp3) is 0.400. The number of benzene rings is 1. The number of rotatable bonds is 5. The molecule has 0 bridgehead atoms. The van der Waals surface area contributed by atoms with Crippen molar-refractivity contribution in [3.8, 4) is 0 Å². The van der Waals surface area contributed by atoms with E-state index in [0.29, 0.717) is 0 Å². The third kappa shape index (κ3) is 2.67. The Morgan fingerprint density at radius 2 is 2.00 bits per heavy atom. The van der Waals surface area contributed by atoms with Gasteiger partial charge in [-0.15, -0.1) is 0 Å². The van der Waals surface area contributed by atoms with E-state index >= 15 is 0 Å². The second-order valence-electron chi connectivity index (χ2n) is 5.25. The zero-order valence-electron chi connectivity index (χ0n) is 11.9. The Morgan fingerprint density at radius 3 is 2.52 bits per heavy atom. The molecule has 112 valence electrons. The molecule has 2 atom stereocenters. The summed E-state index contributed by atoms with van der Waals surface area (Å²) in [5, 5.41) is 8.98. The molecular weight excluding hydrogens is 274 g/mol. The lowest BCUT2D eigenvalue weighted by molar-refractivity contribution is -0.152. The van der Waals surface area contributed by atoms with Crippen molar-refractivity contribution in [3.63, 3.8) is 0 Å². The Kier molecular flexibility index (Phi) is 4.09. The Hall–Kier alpha value is -2.21. The summed E-state index contributed by atoms with van der Waals surface area (Å²) >= 11 is 0. The van der Waals surface area contributed by atoms with E-state index in [9.17, 15) is 14.4 Å². The third-order valence-electron chi connectivity index (χ3n) is 3.84. The van der Waals surface area contributed by atoms with Crippen LogP contribution in [-0.2, 0) is 24.5 Å². The molecule has 1 aliphatic heterocycles. The van der Waals surface area contributed by atoms with Crippen molar-refractivity contribution in [2.75, 3.05) is 13.7 Å². The van der Waals surface area contributed by atoms with Crippen molar-refractivity contribution < 1.29 is 24.2 Å². The summed E-state index contributed by atoms with van der Waals surface area (Å²) in [5.41, 5.74) is -0.204. The number of amides is 2. The number of carboxylic acid groups (broad SMARTS) is 1. The van der Waals surface area contributed by atoms with Crippen molar-refractivity contribution in [2.45, 2.75) is 24.9 Å². The molecule has 0 aliphatic carbocycles. The van der Waals surface area contributed by atoms with E-state index in [1.807, 2.05) is 6.07 Å². The average Bonchev–Trinajstić information content (AvgIpc) is 2.68. The van der Waals surface area contributed by atoms with Gasteiger partial charge in [0.2, 0.25) is 11.8 Å². The number of methoxy groups -OCH3 is 1. The lowest BCUT2D eigenvalue weighted by atomic mass is 9.81. The van der Waals surface area contributed by atoms with Crippen molar-refractivity contribution in [3.05, 3.63) is 35.9 Å². The molecule has 2 amide bonds. The molecule has 1 aromatic rings. The largest absolute Gasteiger partial charge is 0.479 e. The Bertz CT molecular complexity index is 571. The number of ether oxygens (including phenoxy) is 1. The number of aliphatic carboxylic acids is 1. The number of imide groups is 1. The number of carbonyl (C=O) groups excluding carboxylic acids is 2. The minimum atomic E-state index is -1.21. The first-order valence-electron chi connectivity index (χ1n) is 6.56. The fourth-order valence-corrected chi connectivity index (χ4v) is 2.52. The Morgan fingerprint density at radius 1 is 1.38 bits per heavy atom. The van der Waals surface area contributed by atoms with Crippen LogP contribution < -0.4 is 0 Å². The van der Waals surface area contributed by atoms with Gasteiger partial charge in [-0.05, 0) is 12.5 Å². The molecule has 1 fully saturated rings. The molecule has 21 heavy (non-hydrogen) atoms. The zero-order chi connectivity index (χ0) is 15.6. The topological polar surface area (TPSA) is 83.9 Å². The molecule has 1 aromatic carbocycles. The van der Waals surface area contributed by atoms with Gasteiger partial charge in [-0.3, -0.25) is 14.5 Å². The standard InChI is InChI=1S/C15H17NO5/c1-15(10-6-4-3-5-7-10)8-12(17)16(14(15)20)9-11(21-2)13(18)19/h3-7,11H,8-9H2,1-2H3,(H,18,19). The highest BCUT2D eigenvalue weighted by Gasteiger charge is 2.50. The first-order valence-corrected chi connectivity index (χ1v) is 6.56. The summed E-state index contributed by atoms with van der Waals surface area (Å²) in [4.78, 5) is 36.6. The molecule has 1 saturated heterocycles. The van der Waals surface area contributed by atoms with E-state index in [1.165, 1.54) is 7.11 Å². The van der Waals surface area contributed by atoms with Crippen LogP contribution in [-0.4, -0.2) is 47.5 Å². The molecule has 1 N–H and O–H groups in total. The summed E-state index contributed by atoms with van der Waals surface area (Å²) in [5.74, 6) is -1.97. The van der Waals surface area contributed by atoms with Gasteiger partial charge >= 0.3 is 5.97 Å². The molecule has 0 spiro atoms. The van der Waals surface area contributed by atoms with E-state index in [-0.39, 0.29) is 24.8 Å². The highest BCUT2D eigenvalue weighted by Crippen LogP contribution is 2.36. The number of nitrogens with zero attached hydrogens (tertiary/aromatic N) is 1. The predicted octanol–water partition coefficient (Wildman–Crippen LogP) is 0.803. The molecule has 0 aromatic heterocycles. The predicted molar refractivity (Wildman–Crippen MR) is 73.6 cm³/mol. The van der Waals surface area contributed by atoms with Crippen LogP contribution in [0.3, 0.4) is 0 Å². The van der Waals surface area contributed by atoms with Gasteiger partial charge in [0.25, 0.3) is 0 Å². The van der Waals surface area contributed by atoms with Gasteiger partial charge in [-0.25, -0.2) is 4.79 Å². The highest BCUT2D eigenvalue weighted by molar-refractivity contribution is 6.09. The number of carboxylic acids is 1. The van der Waals surface area contributed by atoms with E-state index in [1.54, 1.807) is 31.2 Å². The fourth-order valence-electron chi connectivity index (χ4n) is 2.52. The maximum absolute atomic E-state index is 12.6. The van der Waals surface area contributed by atoms with Crippen LogP contribution in [0.15, 0.2) is 30.3 Å². The van der Waals surface area contributed by atoms with E-state index in [0.717, 1.165) is 10.5 Å². The minimum absolute atomic E-state index is 0.0336. The van der Waals surface area contributed by atoms with Gasteiger partial charge in [0.15, 0.2) is 6.10 Å². The SMILES string of the molecule is COC(CN1C(=O)CC(C)(c2ccccc2)C1=O)C(=O)O. The summed E-state index contributed by atoms with van der Waals surface area (Å²) in [7, 11) is 1.24. The van der Waals surface area contributed by atoms with Crippen LogP contribution in [0.25, 0.3) is 0 Å². The zero-order valence-corrected chi connectivity index (χ0v) is 11.9. The summed E-state index contributed by atoms with van der Waals surface area (Å²) in [6.07, 6.45) is -1.18. The smallest absolute Gasteiger partial charge is 0.334 e. The second-order valence-corrected chi connectivity index (χ2v) is 5.25. The van der Waals surface area contributed by atoms with E-state index < -0.39 is 17.5 Å². The number of likely N-dealkylation sites (tertiary alicyclic amines) is 1. The highest BCUT2D eigenvalue weighted by atomic mass is 16.5. The second kappa shape index (κ2) is 5.65. The molecule has 2 rings (SSSR count). The first kappa shape index (κ1) is 15.2. The monoisotopic (exact) mass is 291 g/mol. The molecule has 6 nitrogen and oxygen atoms in total. The molecule has 0 saturated carbocycles. The average molecular weight is 291 g/mol. The Balaban J connectivity index is 2.26. The van der Waals surface area contributed by atoms with Crippen LogP contribution in [0.1, 0.15) is 18.9 Å². The quantitative estimate of drug-likeness (QED) is 0.811. The first-order chi connectivity index (χ1) is 9.90. The lowest BCUT2D eigenvalue weighted by Crippen LogP contribution is -2.43. The van der Waals surface area contributed by atoms with E-state index in [2.05, 4.69) is 0 Å². The van der Waals surface area contributed by atoms with Gasteiger partial charge in [0.1, 0.15) is 0 Å². The minimum Gasteiger partial charge on any atom is -0.479 e. The van der Waals surface area contributed by atoms with Gasteiger partial charge in [-0.1, -0.05) is 30.3 Å².